The first-order chi connectivity index (χ1) is 8.40. The highest BCUT2D eigenvalue weighted by Gasteiger charge is 2.23. The van der Waals surface area contributed by atoms with Crippen LogP contribution in [0.4, 0.5) is 4.79 Å². The molecule has 106 valence electrons. The van der Waals surface area contributed by atoms with Crippen molar-refractivity contribution in [3.63, 3.8) is 0 Å². The number of carbonyl (C=O) groups is 1. The van der Waals surface area contributed by atoms with Gasteiger partial charge in [-0.05, 0) is 46.6 Å². The molecule has 1 fully saturated rings. The second-order valence-corrected chi connectivity index (χ2v) is 5.86. The molecule has 18 heavy (non-hydrogen) atoms. The van der Waals surface area contributed by atoms with Crippen LogP contribution >= 0.6 is 0 Å². The van der Waals surface area contributed by atoms with Gasteiger partial charge in [0.25, 0.3) is 0 Å². The van der Waals surface area contributed by atoms with Crippen LogP contribution in [0.3, 0.4) is 0 Å². The average molecular weight is 258 g/mol. The fourth-order valence-electron chi connectivity index (χ4n) is 2.14. The number of hydrogen-bond donors (Lipinski definition) is 2. The second kappa shape index (κ2) is 6.95. The van der Waals surface area contributed by atoms with Crippen LogP contribution in [0.2, 0.25) is 0 Å². The lowest BCUT2D eigenvalue weighted by atomic mass is 10.1. The summed E-state index contributed by atoms with van der Waals surface area (Å²) in [4.78, 5) is 13.9. The van der Waals surface area contributed by atoms with Crippen LogP contribution in [0, 0.1) is 0 Å². The number of carbonyl (C=O) groups excluding carboxylic acids is 1. The van der Waals surface area contributed by atoms with Crippen LogP contribution in [-0.2, 0) is 4.74 Å². The second-order valence-electron chi connectivity index (χ2n) is 5.86. The molecular weight excluding hydrogens is 232 g/mol. The van der Waals surface area contributed by atoms with Crippen LogP contribution in [0.5, 0.6) is 0 Å². The fraction of sp³-hybridized carbons (Fsp3) is 0.923. The number of likely N-dealkylation sites (tertiary alicyclic amines) is 1. The summed E-state index contributed by atoms with van der Waals surface area (Å²) in [5.74, 6) is 0. The topological polar surface area (TPSA) is 61.8 Å². The molecule has 1 aliphatic rings. The Morgan fingerprint density at radius 2 is 2.22 bits per heavy atom. The molecule has 0 spiro atoms. The molecule has 5 nitrogen and oxygen atoms in total. The Bertz CT molecular complexity index is 263. The molecule has 0 aromatic heterocycles. The van der Waals surface area contributed by atoms with Crippen molar-refractivity contribution < 1.29 is 14.6 Å². The molecule has 1 heterocycles. The highest BCUT2D eigenvalue weighted by molar-refractivity contribution is 5.68. The van der Waals surface area contributed by atoms with Crippen LogP contribution in [0.1, 0.15) is 40.0 Å². The van der Waals surface area contributed by atoms with Crippen LogP contribution in [0.25, 0.3) is 0 Å². The van der Waals surface area contributed by atoms with E-state index in [1.165, 1.54) is 0 Å². The van der Waals surface area contributed by atoms with Gasteiger partial charge in [0.05, 0.1) is 0 Å². The van der Waals surface area contributed by atoms with E-state index in [0.29, 0.717) is 0 Å². The van der Waals surface area contributed by atoms with E-state index in [-0.39, 0.29) is 18.7 Å². The van der Waals surface area contributed by atoms with Gasteiger partial charge in [-0.25, -0.2) is 4.79 Å². The number of rotatable bonds is 4. The van der Waals surface area contributed by atoms with Crippen molar-refractivity contribution in [1.82, 2.24) is 10.2 Å². The molecule has 1 atom stereocenters. The summed E-state index contributed by atoms with van der Waals surface area (Å²) >= 11 is 0. The minimum absolute atomic E-state index is 0.160. The molecular formula is C13H26N2O3. The van der Waals surface area contributed by atoms with Crippen molar-refractivity contribution in [2.45, 2.75) is 51.7 Å². The van der Waals surface area contributed by atoms with Crippen molar-refractivity contribution in [1.29, 1.82) is 0 Å². The first-order valence-corrected chi connectivity index (χ1v) is 6.73. The van der Waals surface area contributed by atoms with Crippen LogP contribution in [0.15, 0.2) is 0 Å². The maximum Gasteiger partial charge on any atom is 0.407 e. The predicted octanol–water partition coefficient (Wildman–Crippen LogP) is 1.36. The molecule has 2 N–H and O–H groups in total. The molecule has 0 aromatic carbocycles. The van der Waals surface area contributed by atoms with Gasteiger partial charge in [-0.15, -0.1) is 0 Å². The van der Waals surface area contributed by atoms with E-state index in [0.717, 1.165) is 38.9 Å². The van der Waals surface area contributed by atoms with Crippen molar-refractivity contribution in [2.75, 3.05) is 26.2 Å². The van der Waals surface area contributed by atoms with Gasteiger partial charge in [-0.3, -0.25) is 0 Å². The molecule has 1 saturated heterocycles. The largest absolute Gasteiger partial charge is 0.444 e. The Labute approximate surface area is 109 Å². The number of nitrogens with one attached hydrogen (secondary N) is 1. The zero-order valence-corrected chi connectivity index (χ0v) is 11.7. The number of hydrogen-bond acceptors (Lipinski definition) is 4. The molecule has 0 radical (unpaired) electrons. The Morgan fingerprint density at radius 1 is 1.50 bits per heavy atom. The summed E-state index contributed by atoms with van der Waals surface area (Å²) < 4.78 is 5.25. The molecule has 5 heteroatoms. The number of amides is 1. The van der Waals surface area contributed by atoms with Gasteiger partial charge in [-0.2, -0.15) is 0 Å². The fourth-order valence-corrected chi connectivity index (χ4v) is 2.14. The van der Waals surface area contributed by atoms with Gasteiger partial charge in [0.2, 0.25) is 0 Å². The van der Waals surface area contributed by atoms with Gasteiger partial charge in [0.15, 0.2) is 0 Å². The zero-order valence-electron chi connectivity index (χ0n) is 11.7. The van der Waals surface area contributed by atoms with E-state index >= 15 is 0 Å². The van der Waals surface area contributed by atoms with Crippen LogP contribution < -0.4 is 5.32 Å². The zero-order chi connectivity index (χ0) is 13.6. The first-order valence-electron chi connectivity index (χ1n) is 6.73. The number of ether oxygens (including phenoxy) is 1. The normalized spacial score (nSPS) is 21.7. The Balaban J connectivity index is 2.31. The highest BCUT2D eigenvalue weighted by Crippen LogP contribution is 2.12. The Hall–Kier alpha value is -0.810. The highest BCUT2D eigenvalue weighted by atomic mass is 16.6. The maximum absolute atomic E-state index is 11.7. The summed E-state index contributed by atoms with van der Waals surface area (Å²) in [7, 11) is 0. The molecule has 1 rings (SSSR count). The summed E-state index contributed by atoms with van der Waals surface area (Å²) in [5, 5.41) is 11.7. The van der Waals surface area contributed by atoms with Gasteiger partial charge < -0.3 is 20.1 Å². The summed E-state index contributed by atoms with van der Waals surface area (Å²) in [6, 6.07) is 0.160. The monoisotopic (exact) mass is 258 g/mol. The van der Waals surface area contributed by atoms with Gasteiger partial charge >= 0.3 is 6.09 Å². The van der Waals surface area contributed by atoms with E-state index in [1.54, 1.807) is 0 Å². The average Bonchev–Trinajstić information content (AvgIpc) is 2.24. The Kier molecular flexibility index (Phi) is 5.88. The number of aliphatic hydroxyl groups excluding tert-OH is 1. The molecule has 0 unspecified atom stereocenters. The number of nitrogens with zero attached hydrogens (tertiary/aromatic N) is 1. The third kappa shape index (κ3) is 6.21. The SMILES string of the molecule is CC(C)(C)OC(=O)N[C@@H]1CCCN(CCCO)C1. The van der Waals surface area contributed by atoms with E-state index in [4.69, 9.17) is 9.84 Å². The number of alkyl carbamates (subject to hydrolysis) is 1. The third-order valence-electron chi connectivity index (χ3n) is 2.86. The first kappa shape index (κ1) is 15.2. The number of piperidine rings is 1. The maximum atomic E-state index is 11.7. The quantitative estimate of drug-likeness (QED) is 0.799. The minimum atomic E-state index is -0.449. The smallest absolute Gasteiger partial charge is 0.407 e. The van der Waals surface area contributed by atoms with E-state index in [2.05, 4.69) is 10.2 Å². The standard InChI is InChI=1S/C13H26N2O3/c1-13(2,3)18-12(17)14-11-6-4-7-15(10-11)8-5-9-16/h11,16H,4-10H2,1-3H3,(H,14,17)/t11-/m1/s1. The lowest BCUT2D eigenvalue weighted by molar-refractivity contribution is 0.0470. The number of aliphatic hydroxyl groups is 1. The van der Waals surface area contributed by atoms with Crippen molar-refractivity contribution in [3.8, 4) is 0 Å². The minimum Gasteiger partial charge on any atom is -0.444 e. The van der Waals surface area contributed by atoms with E-state index < -0.39 is 5.60 Å². The molecule has 0 aliphatic carbocycles. The van der Waals surface area contributed by atoms with E-state index in [9.17, 15) is 4.79 Å². The van der Waals surface area contributed by atoms with Crippen LogP contribution in [-0.4, -0.2) is 54.0 Å². The predicted molar refractivity (Wildman–Crippen MR) is 70.5 cm³/mol. The summed E-state index contributed by atoms with van der Waals surface area (Å²) in [5.41, 5.74) is -0.449. The van der Waals surface area contributed by atoms with Crippen molar-refractivity contribution >= 4 is 6.09 Å². The third-order valence-corrected chi connectivity index (χ3v) is 2.86. The molecule has 1 amide bonds. The Morgan fingerprint density at radius 3 is 2.83 bits per heavy atom. The summed E-state index contributed by atoms with van der Waals surface area (Å²) in [6.45, 7) is 8.60. The summed E-state index contributed by atoms with van der Waals surface area (Å²) in [6.07, 6.45) is 2.52. The van der Waals surface area contributed by atoms with E-state index in [1.807, 2.05) is 20.8 Å². The molecule has 1 aliphatic heterocycles. The van der Waals surface area contributed by atoms with Gasteiger partial charge in [0.1, 0.15) is 5.60 Å². The van der Waals surface area contributed by atoms with Crippen molar-refractivity contribution in [3.05, 3.63) is 0 Å². The lowest BCUT2D eigenvalue weighted by Crippen LogP contribution is -2.49. The molecule has 0 saturated carbocycles. The lowest BCUT2D eigenvalue weighted by Gasteiger charge is -2.33. The van der Waals surface area contributed by atoms with Gasteiger partial charge in [0, 0.05) is 25.7 Å². The van der Waals surface area contributed by atoms with Gasteiger partial charge in [-0.1, -0.05) is 0 Å². The van der Waals surface area contributed by atoms with Crippen molar-refractivity contribution in [2.24, 2.45) is 0 Å². The molecule has 0 bridgehead atoms. The molecule has 0 aromatic rings.